The summed E-state index contributed by atoms with van der Waals surface area (Å²) < 4.78 is 5.34. The van der Waals surface area contributed by atoms with Gasteiger partial charge in [0, 0.05) is 11.5 Å². The maximum Gasteiger partial charge on any atom is 0.202 e. The summed E-state index contributed by atoms with van der Waals surface area (Å²) in [6.07, 6.45) is 7.53. The molecule has 0 aliphatic heterocycles. The van der Waals surface area contributed by atoms with E-state index in [2.05, 4.69) is 45.9 Å². The first-order valence-corrected chi connectivity index (χ1v) is 8.94. The van der Waals surface area contributed by atoms with Crippen molar-refractivity contribution in [2.45, 2.75) is 41.0 Å². The molecule has 3 heteroatoms. The summed E-state index contributed by atoms with van der Waals surface area (Å²) in [7, 11) is 1.49. The third kappa shape index (κ3) is 2.03. The molecule has 3 aliphatic carbocycles. The van der Waals surface area contributed by atoms with E-state index in [1.807, 2.05) is 0 Å². The Balaban J connectivity index is 2.30. The number of Topliss-reactive ketones (excluding diaryl/α,β-unsaturated/α-hetero) is 2. The number of ketones is 2. The fraction of sp³-hybridized carbons (Fsp3) is 0.619. The SMILES string of the molecule is COC1=C(C)C(=O)[C@]23[C@H](C=C(C)C)C[C@H](C)[C@H]2C=C[C@H](C)[C@@H]3C1=O. The number of ether oxygens (including phenoxy) is 1. The highest BCUT2D eigenvalue weighted by atomic mass is 16.5. The van der Waals surface area contributed by atoms with Gasteiger partial charge >= 0.3 is 0 Å². The first-order chi connectivity index (χ1) is 11.3. The van der Waals surface area contributed by atoms with Crippen LogP contribution in [0, 0.1) is 35.0 Å². The van der Waals surface area contributed by atoms with E-state index in [0.29, 0.717) is 11.5 Å². The van der Waals surface area contributed by atoms with E-state index in [9.17, 15) is 9.59 Å². The normalized spacial score (nSPS) is 41.2. The monoisotopic (exact) mass is 328 g/mol. The molecule has 0 heterocycles. The minimum Gasteiger partial charge on any atom is -0.493 e. The van der Waals surface area contributed by atoms with Gasteiger partial charge in [0.1, 0.15) is 0 Å². The second-order valence-electron chi connectivity index (χ2n) is 8.10. The van der Waals surface area contributed by atoms with E-state index in [1.54, 1.807) is 6.92 Å². The Kier molecular flexibility index (Phi) is 4.09. The molecule has 0 aromatic carbocycles. The molecule has 130 valence electrons. The summed E-state index contributed by atoms with van der Waals surface area (Å²) in [5, 5.41) is 0. The van der Waals surface area contributed by atoms with Gasteiger partial charge in [0.05, 0.1) is 12.5 Å². The third-order valence-electron chi connectivity index (χ3n) is 6.39. The van der Waals surface area contributed by atoms with Crippen LogP contribution >= 0.6 is 0 Å². The molecule has 1 saturated carbocycles. The molecule has 24 heavy (non-hydrogen) atoms. The van der Waals surface area contributed by atoms with Gasteiger partial charge in [-0.05, 0) is 50.9 Å². The lowest BCUT2D eigenvalue weighted by Crippen LogP contribution is -2.56. The van der Waals surface area contributed by atoms with Crippen LogP contribution in [-0.2, 0) is 14.3 Å². The summed E-state index contributed by atoms with van der Waals surface area (Å²) in [6.45, 7) is 10.2. The molecule has 6 atom stereocenters. The summed E-state index contributed by atoms with van der Waals surface area (Å²) in [4.78, 5) is 26.9. The van der Waals surface area contributed by atoms with Gasteiger partial charge in [-0.3, -0.25) is 9.59 Å². The summed E-state index contributed by atoms with van der Waals surface area (Å²) in [5.74, 6) is 0.777. The lowest BCUT2D eigenvalue weighted by atomic mass is 9.50. The van der Waals surface area contributed by atoms with Crippen molar-refractivity contribution in [1.82, 2.24) is 0 Å². The number of carbonyl (C=O) groups excluding carboxylic acids is 2. The molecule has 3 rings (SSSR count). The van der Waals surface area contributed by atoms with Crippen LogP contribution in [0.3, 0.4) is 0 Å². The molecule has 0 unspecified atom stereocenters. The van der Waals surface area contributed by atoms with E-state index >= 15 is 0 Å². The van der Waals surface area contributed by atoms with Gasteiger partial charge in [-0.15, -0.1) is 0 Å². The van der Waals surface area contributed by atoms with Crippen LogP contribution in [0.1, 0.15) is 41.0 Å². The van der Waals surface area contributed by atoms with Gasteiger partial charge in [0.25, 0.3) is 0 Å². The van der Waals surface area contributed by atoms with Crippen molar-refractivity contribution < 1.29 is 14.3 Å². The fourth-order valence-electron chi connectivity index (χ4n) is 5.62. The maximum atomic E-state index is 13.6. The zero-order valence-electron chi connectivity index (χ0n) is 15.6. The predicted molar refractivity (Wildman–Crippen MR) is 94.1 cm³/mol. The average molecular weight is 328 g/mol. The molecule has 1 fully saturated rings. The molecule has 0 N–H and O–H groups in total. The quantitative estimate of drug-likeness (QED) is 0.717. The summed E-state index contributed by atoms with van der Waals surface area (Å²) in [5.41, 5.74) is 1.09. The van der Waals surface area contributed by atoms with Crippen LogP contribution in [0.15, 0.2) is 35.1 Å². The van der Waals surface area contributed by atoms with E-state index in [0.717, 1.165) is 6.42 Å². The zero-order chi connectivity index (χ0) is 17.8. The van der Waals surface area contributed by atoms with Crippen LogP contribution in [0.4, 0.5) is 0 Å². The number of hydrogen-bond donors (Lipinski definition) is 0. The largest absolute Gasteiger partial charge is 0.493 e. The number of carbonyl (C=O) groups is 2. The molecule has 0 amide bonds. The van der Waals surface area contributed by atoms with E-state index in [4.69, 9.17) is 4.74 Å². The minimum absolute atomic E-state index is 0.0118. The molecule has 0 saturated heterocycles. The van der Waals surface area contributed by atoms with Crippen molar-refractivity contribution in [2.24, 2.45) is 35.0 Å². The molecule has 0 aromatic heterocycles. The Morgan fingerprint density at radius 2 is 1.92 bits per heavy atom. The first-order valence-electron chi connectivity index (χ1n) is 8.94. The van der Waals surface area contributed by atoms with Crippen LogP contribution in [0.2, 0.25) is 0 Å². The molecular formula is C21H28O3. The van der Waals surface area contributed by atoms with Crippen molar-refractivity contribution in [3.8, 4) is 0 Å². The lowest BCUT2D eigenvalue weighted by molar-refractivity contribution is -0.147. The Labute approximate surface area is 144 Å². The third-order valence-corrected chi connectivity index (χ3v) is 6.39. The molecule has 3 nitrogen and oxygen atoms in total. The number of rotatable bonds is 2. The lowest BCUT2D eigenvalue weighted by Gasteiger charge is -2.50. The van der Waals surface area contributed by atoms with Crippen LogP contribution in [-0.4, -0.2) is 18.7 Å². The topological polar surface area (TPSA) is 43.4 Å². The van der Waals surface area contributed by atoms with E-state index < -0.39 is 5.41 Å². The minimum atomic E-state index is -0.631. The van der Waals surface area contributed by atoms with Crippen molar-refractivity contribution in [2.75, 3.05) is 7.11 Å². The predicted octanol–water partition coefficient (Wildman–Crippen LogP) is 4.11. The zero-order valence-corrected chi connectivity index (χ0v) is 15.6. The van der Waals surface area contributed by atoms with Crippen LogP contribution in [0.25, 0.3) is 0 Å². The van der Waals surface area contributed by atoms with E-state index in [-0.39, 0.29) is 41.0 Å². The molecule has 3 aliphatic rings. The standard InChI is InChI=1S/C21H28O3/c1-11(2)9-15-10-13(4)16-8-7-12(3)17-18(22)19(24-6)14(5)20(23)21(15,16)17/h7-9,12-13,15-17H,10H2,1-6H3/t12-,13-,15+,16+,17+,21+/m0/s1. The number of methoxy groups -OCH3 is 1. The van der Waals surface area contributed by atoms with E-state index in [1.165, 1.54) is 12.7 Å². The van der Waals surface area contributed by atoms with Crippen molar-refractivity contribution in [1.29, 1.82) is 0 Å². The Morgan fingerprint density at radius 3 is 2.50 bits per heavy atom. The van der Waals surface area contributed by atoms with Gasteiger partial charge in [-0.1, -0.05) is 37.6 Å². The second kappa shape index (κ2) is 5.72. The van der Waals surface area contributed by atoms with Gasteiger partial charge in [0.2, 0.25) is 5.78 Å². The van der Waals surface area contributed by atoms with Gasteiger partial charge in [-0.25, -0.2) is 0 Å². The van der Waals surface area contributed by atoms with Crippen LogP contribution in [0.5, 0.6) is 0 Å². The smallest absolute Gasteiger partial charge is 0.202 e. The molecule has 0 aromatic rings. The number of allylic oxidation sites excluding steroid dienone is 6. The highest BCUT2D eigenvalue weighted by Gasteiger charge is 2.66. The second-order valence-corrected chi connectivity index (χ2v) is 8.10. The highest BCUT2D eigenvalue weighted by molar-refractivity contribution is 6.15. The fourth-order valence-corrected chi connectivity index (χ4v) is 5.62. The Morgan fingerprint density at radius 1 is 1.25 bits per heavy atom. The molecule has 0 radical (unpaired) electrons. The van der Waals surface area contributed by atoms with Gasteiger partial charge in [0.15, 0.2) is 11.5 Å². The summed E-state index contributed by atoms with van der Waals surface area (Å²) >= 11 is 0. The molecular weight excluding hydrogens is 300 g/mol. The first kappa shape index (κ1) is 17.2. The van der Waals surface area contributed by atoms with Crippen LogP contribution < -0.4 is 0 Å². The molecule has 1 spiro atoms. The van der Waals surface area contributed by atoms with Gasteiger partial charge in [-0.2, -0.15) is 0 Å². The average Bonchev–Trinajstić information content (AvgIpc) is 2.77. The highest BCUT2D eigenvalue weighted by Crippen LogP contribution is 2.63. The Bertz CT molecular complexity index is 677. The van der Waals surface area contributed by atoms with Gasteiger partial charge < -0.3 is 4.74 Å². The Hall–Kier alpha value is -1.64. The summed E-state index contributed by atoms with van der Waals surface area (Å²) in [6, 6.07) is 0. The van der Waals surface area contributed by atoms with Crippen molar-refractivity contribution >= 4 is 11.6 Å². The number of hydrogen-bond acceptors (Lipinski definition) is 3. The molecule has 0 bridgehead atoms. The van der Waals surface area contributed by atoms with Crippen molar-refractivity contribution in [3.63, 3.8) is 0 Å². The maximum absolute atomic E-state index is 13.6. The van der Waals surface area contributed by atoms with Crippen molar-refractivity contribution in [3.05, 3.63) is 35.1 Å².